The van der Waals surface area contributed by atoms with Crippen molar-refractivity contribution in [2.75, 3.05) is 16.8 Å². The van der Waals surface area contributed by atoms with Crippen LogP contribution in [-0.2, 0) is 32.8 Å². The van der Waals surface area contributed by atoms with Gasteiger partial charge in [0.25, 0.3) is 0 Å². The van der Waals surface area contributed by atoms with Gasteiger partial charge in [0.2, 0.25) is 0 Å². The van der Waals surface area contributed by atoms with Crippen LogP contribution in [0.4, 0.5) is 33.3 Å². The number of hydrogen-bond acceptors (Lipinski definition) is 5. The Hall–Kier alpha value is -3.37. The molecule has 0 unspecified atom stereocenters. The summed E-state index contributed by atoms with van der Waals surface area (Å²) in [5.74, 6) is -2.55. The molecule has 0 saturated carbocycles. The minimum Gasteiger partial charge on any atom is -0.504 e. The molecule has 0 bridgehead atoms. The average molecular weight is 664 g/mol. The van der Waals surface area contributed by atoms with Crippen molar-refractivity contribution in [2.45, 2.75) is 12.7 Å². The second kappa shape index (κ2) is 10.9. The van der Waals surface area contributed by atoms with E-state index >= 15 is 0 Å². The summed E-state index contributed by atoms with van der Waals surface area (Å²) in [5, 5.41) is 6.25. The van der Waals surface area contributed by atoms with Crippen molar-refractivity contribution < 1.29 is 42.1 Å². The van der Waals surface area contributed by atoms with Crippen LogP contribution in [0.1, 0.15) is 11.4 Å². The molecule has 1 aliphatic heterocycles. The van der Waals surface area contributed by atoms with E-state index < -0.39 is 23.6 Å². The Morgan fingerprint density at radius 2 is 1.77 bits per heavy atom. The molecule has 4 aromatic rings. The zero-order valence-electron chi connectivity index (χ0n) is 18.0. The largest absolute Gasteiger partial charge is 3.00 e. The summed E-state index contributed by atoms with van der Waals surface area (Å²) >= 11 is 0. The number of alkyl halides is 3. The maximum atomic E-state index is 13.7. The summed E-state index contributed by atoms with van der Waals surface area (Å²) in [4.78, 5) is 10.9. The van der Waals surface area contributed by atoms with Crippen LogP contribution < -0.4 is 14.9 Å². The molecule has 0 amide bonds. The van der Waals surface area contributed by atoms with Crippen molar-refractivity contribution in [1.29, 1.82) is 0 Å². The van der Waals surface area contributed by atoms with Crippen molar-refractivity contribution >= 4 is 11.4 Å². The van der Waals surface area contributed by atoms with Crippen molar-refractivity contribution in [3.05, 3.63) is 96.6 Å². The Morgan fingerprint density at radius 3 is 2.40 bits per heavy atom. The minimum atomic E-state index is -4.57. The van der Waals surface area contributed by atoms with E-state index in [0.29, 0.717) is 12.1 Å². The molecule has 0 fully saturated rings. The van der Waals surface area contributed by atoms with E-state index in [-0.39, 0.29) is 31.6 Å². The van der Waals surface area contributed by atoms with Crippen LogP contribution in [0, 0.1) is 24.4 Å². The maximum Gasteiger partial charge on any atom is 3.00 e. The van der Waals surface area contributed by atoms with Crippen LogP contribution >= 0.6 is 0 Å². The van der Waals surface area contributed by atoms with E-state index in [2.05, 4.69) is 26.2 Å². The fourth-order valence-corrected chi connectivity index (χ4v) is 3.19. The van der Waals surface area contributed by atoms with Gasteiger partial charge in [0, 0.05) is 29.2 Å². The SMILES string of the molecule is CN1[CH-]N(Cc2[c-]cc(F)cc2F)c2ccccc21.FC(F)(F)c1n[n-]c(-c2ccccn2)n1.[Ir+3]. The van der Waals surface area contributed by atoms with Crippen LogP contribution in [0.25, 0.3) is 11.5 Å². The van der Waals surface area contributed by atoms with E-state index in [1.54, 1.807) is 12.1 Å². The van der Waals surface area contributed by atoms with Crippen LogP contribution in [0.3, 0.4) is 0 Å². The maximum absolute atomic E-state index is 13.7. The quantitative estimate of drug-likeness (QED) is 0.231. The molecular weight excluding hydrogens is 648 g/mol. The van der Waals surface area contributed by atoms with Crippen molar-refractivity contribution in [2.24, 2.45) is 0 Å². The second-order valence-electron chi connectivity index (χ2n) is 7.16. The van der Waals surface area contributed by atoms with Gasteiger partial charge in [-0.15, -0.1) is 17.7 Å². The molecule has 2 aromatic heterocycles. The van der Waals surface area contributed by atoms with Gasteiger partial charge in [0.1, 0.15) is 5.82 Å². The van der Waals surface area contributed by atoms with Gasteiger partial charge in [0.05, 0.1) is 5.69 Å². The molecule has 0 radical (unpaired) electrons. The number of para-hydroxylation sites is 2. The first-order valence-corrected chi connectivity index (χ1v) is 9.87. The molecule has 0 N–H and O–H groups in total. The van der Waals surface area contributed by atoms with Gasteiger partial charge >= 0.3 is 26.3 Å². The summed E-state index contributed by atoms with van der Waals surface area (Å²) in [6, 6.07) is 17.3. The molecule has 6 nitrogen and oxygen atoms in total. The Balaban J connectivity index is 0.000000195. The first-order chi connectivity index (χ1) is 16.2. The summed E-state index contributed by atoms with van der Waals surface area (Å²) in [6.45, 7) is 2.22. The van der Waals surface area contributed by atoms with Crippen LogP contribution in [0.2, 0.25) is 0 Å². The fourth-order valence-electron chi connectivity index (χ4n) is 3.19. The third kappa shape index (κ3) is 6.20. The number of fused-ring (bicyclic) bond motifs is 1. The third-order valence-electron chi connectivity index (χ3n) is 4.75. The fraction of sp³-hybridized carbons (Fsp3) is 0.130. The van der Waals surface area contributed by atoms with E-state index in [4.69, 9.17) is 0 Å². The number of pyridine rings is 1. The van der Waals surface area contributed by atoms with Crippen molar-refractivity contribution in [3.63, 3.8) is 0 Å². The van der Waals surface area contributed by atoms with E-state index in [0.717, 1.165) is 23.5 Å². The molecule has 12 heteroatoms. The number of anilines is 2. The van der Waals surface area contributed by atoms with Gasteiger partial charge in [-0.3, -0.25) is 18.9 Å². The summed E-state index contributed by atoms with van der Waals surface area (Å²) in [5.41, 5.74) is 2.68. The summed E-state index contributed by atoms with van der Waals surface area (Å²) in [7, 11) is 1.93. The topological polar surface area (TPSA) is 59.2 Å². The van der Waals surface area contributed by atoms with Gasteiger partial charge in [-0.05, 0) is 43.7 Å². The Labute approximate surface area is 211 Å². The number of aromatic nitrogens is 4. The van der Waals surface area contributed by atoms with Crippen LogP contribution in [0.5, 0.6) is 0 Å². The molecule has 2 aromatic carbocycles. The zero-order chi connectivity index (χ0) is 24.3. The van der Waals surface area contributed by atoms with E-state index in [1.165, 1.54) is 12.3 Å². The number of nitrogens with zero attached hydrogens (tertiary/aromatic N) is 6. The summed E-state index contributed by atoms with van der Waals surface area (Å²) in [6.07, 6.45) is -3.13. The normalized spacial score (nSPS) is 12.5. The molecule has 0 aliphatic carbocycles. The van der Waals surface area contributed by atoms with Gasteiger partial charge < -0.3 is 19.9 Å². The van der Waals surface area contributed by atoms with Gasteiger partial charge in [-0.1, -0.05) is 18.2 Å². The third-order valence-corrected chi connectivity index (χ3v) is 4.75. The average Bonchev–Trinajstić information content (AvgIpc) is 3.43. The zero-order valence-corrected chi connectivity index (χ0v) is 20.4. The van der Waals surface area contributed by atoms with Gasteiger partial charge in [-0.25, -0.2) is 0 Å². The summed E-state index contributed by atoms with van der Waals surface area (Å²) < 4.78 is 62.9. The van der Waals surface area contributed by atoms with Crippen LogP contribution in [0.15, 0.2) is 60.8 Å². The minimum absolute atomic E-state index is 0. The van der Waals surface area contributed by atoms with E-state index in [9.17, 15) is 22.0 Å². The number of benzene rings is 2. The molecule has 0 spiro atoms. The molecule has 1 aliphatic rings. The smallest absolute Gasteiger partial charge is 0.504 e. The predicted octanol–water partition coefficient (Wildman–Crippen LogP) is 4.85. The standard InChI is InChI=1S/C15H12F2N2.C8H4F3N4.Ir/c1-18-10-19(15-5-3-2-4-14(15)18)9-11-6-7-12(16)8-13(11)17;9-8(10,11)7-13-6(14-15-7)5-3-1-2-4-12-5;/h2-5,7-8,10H,9H2,1H3;1-4H;/q-2;-1;+3. The van der Waals surface area contributed by atoms with E-state index in [1.807, 2.05) is 47.8 Å². The Morgan fingerprint density at radius 1 is 1.06 bits per heavy atom. The molecule has 0 saturated heterocycles. The predicted molar refractivity (Wildman–Crippen MR) is 114 cm³/mol. The molecule has 182 valence electrons. The van der Waals surface area contributed by atoms with Gasteiger partial charge in [-0.2, -0.15) is 25.9 Å². The second-order valence-corrected chi connectivity index (χ2v) is 7.16. The van der Waals surface area contributed by atoms with Crippen LogP contribution in [-0.4, -0.2) is 22.1 Å². The number of rotatable bonds is 3. The molecule has 0 atom stereocenters. The molecule has 5 rings (SSSR count). The first-order valence-electron chi connectivity index (χ1n) is 9.87. The Bertz CT molecular complexity index is 1260. The van der Waals surface area contributed by atoms with Gasteiger partial charge in [0.15, 0.2) is 0 Å². The Kier molecular flexibility index (Phi) is 8.18. The van der Waals surface area contributed by atoms with Crippen molar-refractivity contribution in [1.82, 2.24) is 20.2 Å². The van der Waals surface area contributed by atoms with Crippen molar-refractivity contribution in [3.8, 4) is 11.5 Å². The number of halogens is 5. The first kappa shape index (κ1) is 26.2. The molecule has 35 heavy (non-hydrogen) atoms. The number of hydrogen-bond donors (Lipinski definition) is 0. The monoisotopic (exact) mass is 664 g/mol. The molecular formula is C23H16F5IrN6. The molecule has 3 heterocycles.